The molecule has 2 rings (SSSR count). The second-order valence-corrected chi connectivity index (χ2v) is 10.0. The van der Waals surface area contributed by atoms with Crippen LogP contribution in [-0.4, -0.2) is 23.3 Å². The molecule has 0 bridgehead atoms. The second kappa shape index (κ2) is 17.8. The number of carbonyl (C=O) groups excluding carboxylic acids is 2. The third kappa shape index (κ3) is 10.9. The summed E-state index contributed by atoms with van der Waals surface area (Å²) in [5, 5.41) is 0. The highest BCUT2D eigenvalue weighted by atomic mass is 16.2. The summed E-state index contributed by atoms with van der Waals surface area (Å²) >= 11 is 0. The first kappa shape index (κ1) is 27.6. The lowest BCUT2D eigenvalue weighted by Gasteiger charge is -2.13. The van der Waals surface area contributed by atoms with Crippen LogP contribution < -0.4 is 0 Å². The normalized spacial score (nSPS) is 13.2. The van der Waals surface area contributed by atoms with Crippen molar-refractivity contribution in [2.45, 2.75) is 135 Å². The van der Waals surface area contributed by atoms with E-state index in [0.29, 0.717) is 17.7 Å². The zero-order valence-corrected chi connectivity index (χ0v) is 21.4. The van der Waals surface area contributed by atoms with Gasteiger partial charge in [0.1, 0.15) is 0 Å². The van der Waals surface area contributed by atoms with Crippen molar-refractivity contribution in [3.8, 4) is 0 Å². The molecule has 3 heteroatoms. The van der Waals surface area contributed by atoms with Crippen LogP contribution in [-0.2, 0) is 0 Å². The summed E-state index contributed by atoms with van der Waals surface area (Å²) < 4.78 is 0. The summed E-state index contributed by atoms with van der Waals surface area (Å²) in [5.74, 6) is -0.234. The molecule has 0 saturated carbocycles. The minimum Gasteiger partial charge on any atom is -0.274 e. The summed E-state index contributed by atoms with van der Waals surface area (Å²) in [6, 6.07) is 7.16. The van der Waals surface area contributed by atoms with E-state index >= 15 is 0 Å². The van der Waals surface area contributed by atoms with Crippen molar-refractivity contribution in [1.29, 1.82) is 0 Å². The maximum absolute atomic E-state index is 12.3. The summed E-state index contributed by atoms with van der Waals surface area (Å²) in [6.45, 7) is 2.85. The Kier molecular flexibility index (Phi) is 14.9. The van der Waals surface area contributed by atoms with Gasteiger partial charge in [-0.25, -0.2) is 0 Å². The van der Waals surface area contributed by atoms with Crippen molar-refractivity contribution in [3.63, 3.8) is 0 Å². The average molecular weight is 456 g/mol. The number of imide groups is 1. The first-order chi connectivity index (χ1) is 16.3. The van der Waals surface area contributed by atoms with Gasteiger partial charge in [0.05, 0.1) is 11.1 Å². The average Bonchev–Trinajstić information content (AvgIpc) is 3.07. The van der Waals surface area contributed by atoms with Gasteiger partial charge in [0.25, 0.3) is 11.8 Å². The van der Waals surface area contributed by atoms with Crippen molar-refractivity contribution in [1.82, 2.24) is 4.90 Å². The molecule has 1 aliphatic heterocycles. The lowest BCUT2D eigenvalue weighted by atomic mass is 10.0. The van der Waals surface area contributed by atoms with Crippen LogP contribution in [0.1, 0.15) is 156 Å². The summed E-state index contributed by atoms with van der Waals surface area (Å²) in [7, 11) is 0. The Morgan fingerprint density at radius 1 is 0.485 bits per heavy atom. The highest BCUT2D eigenvalue weighted by Crippen LogP contribution is 2.23. The summed E-state index contributed by atoms with van der Waals surface area (Å²) in [6.07, 6.45) is 27.1. The van der Waals surface area contributed by atoms with Gasteiger partial charge in [0, 0.05) is 6.54 Å². The van der Waals surface area contributed by atoms with Gasteiger partial charge >= 0.3 is 0 Å². The number of hydrogen-bond acceptors (Lipinski definition) is 2. The molecule has 33 heavy (non-hydrogen) atoms. The maximum atomic E-state index is 12.3. The number of carbonyl (C=O) groups is 2. The quantitative estimate of drug-likeness (QED) is 0.137. The number of hydrogen-bond donors (Lipinski definition) is 0. The molecule has 1 heterocycles. The molecule has 0 spiro atoms. The fourth-order valence-electron chi connectivity index (χ4n) is 4.97. The third-order valence-electron chi connectivity index (χ3n) is 7.11. The Balaban J connectivity index is 1.30. The van der Waals surface area contributed by atoms with Crippen LogP contribution >= 0.6 is 0 Å². The van der Waals surface area contributed by atoms with Crippen LogP contribution in [0.2, 0.25) is 0 Å². The number of nitrogens with zero attached hydrogens (tertiary/aromatic N) is 1. The molecule has 1 aromatic carbocycles. The molecular formula is C30H49NO2. The van der Waals surface area contributed by atoms with Crippen LogP contribution in [0.5, 0.6) is 0 Å². The Morgan fingerprint density at radius 3 is 1.12 bits per heavy atom. The predicted molar refractivity (Wildman–Crippen MR) is 140 cm³/mol. The fraction of sp³-hybridized carbons (Fsp3) is 0.733. The molecule has 1 aromatic rings. The Bertz CT molecular complexity index is 634. The number of benzene rings is 1. The van der Waals surface area contributed by atoms with Crippen molar-refractivity contribution in [2.75, 3.05) is 6.54 Å². The van der Waals surface area contributed by atoms with E-state index in [2.05, 4.69) is 6.92 Å². The summed E-state index contributed by atoms with van der Waals surface area (Å²) in [4.78, 5) is 26.1. The van der Waals surface area contributed by atoms with E-state index in [9.17, 15) is 9.59 Å². The predicted octanol–water partition coefficient (Wildman–Crippen LogP) is 9.10. The smallest absolute Gasteiger partial charge is 0.261 e. The van der Waals surface area contributed by atoms with Crippen LogP contribution in [0.4, 0.5) is 0 Å². The van der Waals surface area contributed by atoms with Gasteiger partial charge in [-0.1, -0.05) is 141 Å². The van der Waals surface area contributed by atoms with Gasteiger partial charge in [0.2, 0.25) is 0 Å². The molecule has 0 fully saturated rings. The molecule has 0 N–H and O–H groups in total. The molecule has 2 amide bonds. The third-order valence-corrected chi connectivity index (χ3v) is 7.11. The van der Waals surface area contributed by atoms with E-state index in [1.807, 2.05) is 12.1 Å². The van der Waals surface area contributed by atoms with Gasteiger partial charge in [-0.05, 0) is 18.6 Å². The highest BCUT2D eigenvalue weighted by Gasteiger charge is 2.34. The van der Waals surface area contributed by atoms with E-state index in [-0.39, 0.29) is 11.8 Å². The Hall–Kier alpha value is -1.64. The molecule has 0 saturated heterocycles. The van der Waals surface area contributed by atoms with Crippen LogP contribution in [0.25, 0.3) is 0 Å². The van der Waals surface area contributed by atoms with E-state index < -0.39 is 0 Å². The zero-order chi connectivity index (χ0) is 23.6. The van der Waals surface area contributed by atoms with Crippen molar-refractivity contribution in [2.24, 2.45) is 0 Å². The maximum Gasteiger partial charge on any atom is 0.261 e. The molecule has 186 valence electrons. The zero-order valence-electron chi connectivity index (χ0n) is 21.4. The number of fused-ring (bicyclic) bond motifs is 1. The molecule has 0 radical (unpaired) electrons. The van der Waals surface area contributed by atoms with Crippen LogP contribution in [0, 0.1) is 0 Å². The SMILES string of the molecule is CCCCCCCCCCCCCCCCCCCCCCN1C(=O)c2ccccc2C1=O. The molecule has 0 aliphatic carbocycles. The molecule has 0 unspecified atom stereocenters. The molecule has 0 atom stereocenters. The topological polar surface area (TPSA) is 37.4 Å². The standard InChI is InChI=1S/C30H49NO2/c1-2-3-4-5-6-7-8-9-10-11-12-13-14-15-16-17-18-19-20-23-26-31-29(32)27-24-21-22-25-28(27)30(31)33/h21-22,24-25H,2-20,23,26H2,1H3. The minimum absolute atomic E-state index is 0.117. The van der Waals surface area contributed by atoms with E-state index in [1.54, 1.807) is 12.1 Å². The summed E-state index contributed by atoms with van der Waals surface area (Å²) in [5.41, 5.74) is 1.13. The molecule has 0 aromatic heterocycles. The first-order valence-corrected chi connectivity index (χ1v) is 14.2. The van der Waals surface area contributed by atoms with Gasteiger partial charge in [-0.15, -0.1) is 0 Å². The Morgan fingerprint density at radius 2 is 0.788 bits per heavy atom. The van der Waals surface area contributed by atoms with Crippen LogP contribution in [0.3, 0.4) is 0 Å². The van der Waals surface area contributed by atoms with Gasteiger partial charge in [-0.3, -0.25) is 14.5 Å². The number of amides is 2. The van der Waals surface area contributed by atoms with E-state index in [1.165, 1.54) is 120 Å². The van der Waals surface area contributed by atoms with Crippen molar-refractivity contribution in [3.05, 3.63) is 35.4 Å². The van der Waals surface area contributed by atoms with E-state index in [0.717, 1.165) is 12.8 Å². The van der Waals surface area contributed by atoms with Gasteiger partial charge < -0.3 is 0 Å². The lowest BCUT2D eigenvalue weighted by molar-refractivity contribution is 0.0651. The molecule has 3 nitrogen and oxygen atoms in total. The van der Waals surface area contributed by atoms with E-state index in [4.69, 9.17) is 0 Å². The van der Waals surface area contributed by atoms with Gasteiger partial charge in [0.15, 0.2) is 0 Å². The van der Waals surface area contributed by atoms with Crippen molar-refractivity contribution >= 4 is 11.8 Å². The second-order valence-electron chi connectivity index (χ2n) is 10.0. The largest absolute Gasteiger partial charge is 0.274 e. The highest BCUT2D eigenvalue weighted by molar-refractivity contribution is 6.21. The molecular weight excluding hydrogens is 406 g/mol. The fourth-order valence-corrected chi connectivity index (χ4v) is 4.97. The number of rotatable bonds is 21. The molecule has 1 aliphatic rings. The lowest BCUT2D eigenvalue weighted by Crippen LogP contribution is -2.30. The number of unbranched alkanes of at least 4 members (excludes halogenated alkanes) is 19. The first-order valence-electron chi connectivity index (χ1n) is 14.2. The Labute approximate surface area is 203 Å². The van der Waals surface area contributed by atoms with Crippen molar-refractivity contribution < 1.29 is 9.59 Å². The minimum atomic E-state index is -0.117. The van der Waals surface area contributed by atoms with Gasteiger partial charge in [-0.2, -0.15) is 0 Å². The monoisotopic (exact) mass is 455 g/mol. The van der Waals surface area contributed by atoms with Crippen LogP contribution in [0.15, 0.2) is 24.3 Å².